The molecule has 136 valence electrons. The van der Waals surface area contributed by atoms with Gasteiger partial charge in [-0.25, -0.2) is 9.36 Å². The Morgan fingerprint density at radius 1 is 1.07 bits per heavy atom. The van der Waals surface area contributed by atoms with E-state index < -0.39 is 0 Å². The molecule has 4 rings (SSSR count). The zero-order chi connectivity index (χ0) is 19.0. The molecule has 0 bridgehead atoms. The van der Waals surface area contributed by atoms with Gasteiger partial charge in [0.1, 0.15) is 17.7 Å². The molecule has 0 aliphatic heterocycles. The average molecular weight is 362 g/mol. The molecule has 0 saturated carbocycles. The standard InChI is InChI=1S/C19H18N6O2/c1-13-18(19(27)25(23(13)2)14-8-4-3-5-9-14)20-17(26)12-24-16-11-7-6-10-15(16)21-22-24/h3-11H,12H2,1-2H3,(H,20,26). The minimum absolute atomic E-state index is 0.0282. The number of para-hydroxylation sites is 2. The van der Waals surface area contributed by atoms with Crippen molar-refractivity contribution in [3.8, 4) is 5.69 Å². The third-order valence-electron chi connectivity index (χ3n) is 4.53. The number of hydrogen-bond acceptors (Lipinski definition) is 4. The molecule has 4 aromatic rings. The summed E-state index contributed by atoms with van der Waals surface area (Å²) in [6, 6.07) is 16.7. The molecular formula is C19H18N6O2. The molecule has 8 nitrogen and oxygen atoms in total. The average Bonchev–Trinajstić information content (AvgIpc) is 3.17. The molecule has 0 atom stereocenters. The van der Waals surface area contributed by atoms with Crippen LogP contribution in [0.5, 0.6) is 0 Å². The topological polar surface area (TPSA) is 86.7 Å². The number of carbonyl (C=O) groups is 1. The molecule has 8 heteroatoms. The summed E-state index contributed by atoms with van der Waals surface area (Å²) in [6.07, 6.45) is 0. The summed E-state index contributed by atoms with van der Waals surface area (Å²) in [6.45, 7) is 1.76. The van der Waals surface area contributed by atoms with E-state index >= 15 is 0 Å². The van der Waals surface area contributed by atoms with Gasteiger partial charge in [-0.3, -0.25) is 14.3 Å². The van der Waals surface area contributed by atoms with Crippen LogP contribution in [-0.4, -0.2) is 30.3 Å². The van der Waals surface area contributed by atoms with Crippen molar-refractivity contribution in [1.82, 2.24) is 24.4 Å². The smallest absolute Gasteiger partial charge is 0.295 e. The third kappa shape index (κ3) is 2.91. The van der Waals surface area contributed by atoms with Gasteiger partial charge in [-0.2, -0.15) is 0 Å². The number of anilines is 1. The molecular weight excluding hydrogens is 344 g/mol. The van der Waals surface area contributed by atoms with E-state index in [9.17, 15) is 9.59 Å². The summed E-state index contributed by atoms with van der Waals surface area (Å²) in [4.78, 5) is 25.4. The van der Waals surface area contributed by atoms with Crippen LogP contribution in [0.25, 0.3) is 16.7 Å². The van der Waals surface area contributed by atoms with Gasteiger partial charge < -0.3 is 5.32 Å². The summed E-state index contributed by atoms with van der Waals surface area (Å²) in [7, 11) is 1.78. The molecule has 0 saturated heterocycles. The number of amides is 1. The Morgan fingerprint density at radius 3 is 2.56 bits per heavy atom. The number of carbonyl (C=O) groups excluding carboxylic acids is 1. The lowest BCUT2D eigenvalue weighted by atomic mass is 10.3. The second-order valence-corrected chi connectivity index (χ2v) is 6.22. The van der Waals surface area contributed by atoms with Crippen molar-refractivity contribution in [3.05, 3.63) is 70.6 Å². The number of benzene rings is 2. The number of aromatic nitrogens is 5. The fourth-order valence-corrected chi connectivity index (χ4v) is 3.06. The highest BCUT2D eigenvalue weighted by molar-refractivity contribution is 5.91. The normalized spacial score (nSPS) is 11.0. The molecule has 0 radical (unpaired) electrons. The van der Waals surface area contributed by atoms with Crippen molar-refractivity contribution in [1.29, 1.82) is 0 Å². The Bertz CT molecular complexity index is 1190. The SMILES string of the molecule is Cc1c(NC(=O)Cn2nnc3ccccc32)c(=O)n(-c2ccccc2)n1C. The Balaban J connectivity index is 1.63. The molecule has 0 aliphatic rings. The fourth-order valence-electron chi connectivity index (χ4n) is 3.06. The molecule has 27 heavy (non-hydrogen) atoms. The minimum atomic E-state index is -0.336. The quantitative estimate of drug-likeness (QED) is 0.600. The van der Waals surface area contributed by atoms with Crippen LogP contribution >= 0.6 is 0 Å². The zero-order valence-electron chi connectivity index (χ0n) is 15.0. The molecule has 2 heterocycles. The van der Waals surface area contributed by atoms with Gasteiger partial charge in [0.25, 0.3) is 5.56 Å². The number of hydrogen-bond donors (Lipinski definition) is 1. The van der Waals surface area contributed by atoms with Gasteiger partial charge in [-0.05, 0) is 31.2 Å². The second kappa shape index (κ2) is 6.56. The van der Waals surface area contributed by atoms with E-state index in [0.717, 1.165) is 11.2 Å². The molecule has 2 aromatic heterocycles. The maximum atomic E-state index is 12.9. The fraction of sp³-hybridized carbons (Fsp3) is 0.158. The van der Waals surface area contributed by atoms with E-state index in [2.05, 4.69) is 15.6 Å². The zero-order valence-corrected chi connectivity index (χ0v) is 15.0. The molecule has 0 aliphatic carbocycles. The highest BCUT2D eigenvalue weighted by Gasteiger charge is 2.18. The van der Waals surface area contributed by atoms with E-state index in [1.165, 1.54) is 9.36 Å². The Morgan fingerprint density at radius 2 is 1.78 bits per heavy atom. The van der Waals surface area contributed by atoms with Crippen LogP contribution in [0.15, 0.2) is 59.4 Å². The van der Waals surface area contributed by atoms with E-state index in [-0.39, 0.29) is 23.7 Å². The maximum Gasteiger partial charge on any atom is 0.295 e. The molecule has 1 amide bonds. The van der Waals surface area contributed by atoms with E-state index in [4.69, 9.17) is 0 Å². The lowest BCUT2D eigenvalue weighted by Gasteiger charge is -2.07. The Kier molecular flexibility index (Phi) is 4.08. The molecule has 0 fully saturated rings. The van der Waals surface area contributed by atoms with Crippen LogP contribution in [-0.2, 0) is 18.4 Å². The highest BCUT2D eigenvalue weighted by atomic mass is 16.2. The first-order valence-electron chi connectivity index (χ1n) is 8.48. The van der Waals surface area contributed by atoms with Crippen LogP contribution in [0.4, 0.5) is 5.69 Å². The monoisotopic (exact) mass is 362 g/mol. The van der Waals surface area contributed by atoms with Crippen LogP contribution < -0.4 is 10.9 Å². The first kappa shape index (κ1) is 16.8. The largest absolute Gasteiger partial charge is 0.318 e. The lowest BCUT2D eigenvalue weighted by Crippen LogP contribution is -2.25. The van der Waals surface area contributed by atoms with Crippen molar-refractivity contribution in [2.75, 3.05) is 5.32 Å². The second-order valence-electron chi connectivity index (χ2n) is 6.22. The van der Waals surface area contributed by atoms with Crippen LogP contribution in [0, 0.1) is 6.92 Å². The Hall–Kier alpha value is -3.68. The van der Waals surface area contributed by atoms with Gasteiger partial charge >= 0.3 is 0 Å². The number of fused-ring (bicyclic) bond motifs is 1. The molecule has 0 spiro atoms. The van der Waals surface area contributed by atoms with Crippen molar-refractivity contribution in [2.24, 2.45) is 7.05 Å². The predicted octanol–water partition coefficient (Wildman–Crippen LogP) is 1.87. The van der Waals surface area contributed by atoms with Gasteiger partial charge in [0.2, 0.25) is 5.91 Å². The van der Waals surface area contributed by atoms with Gasteiger partial charge in [-0.1, -0.05) is 35.5 Å². The summed E-state index contributed by atoms with van der Waals surface area (Å²) in [5.74, 6) is -0.336. The van der Waals surface area contributed by atoms with Crippen LogP contribution in [0.3, 0.4) is 0 Å². The molecule has 2 aromatic carbocycles. The summed E-state index contributed by atoms with van der Waals surface area (Å²) in [5, 5.41) is 10.8. The van der Waals surface area contributed by atoms with E-state index in [1.54, 1.807) is 18.7 Å². The van der Waals surface area contributed by atoms with Crippen LogP contribution in [0.1, 0.15) is 5.69 Å². The van der Waals surface area contributed by atoms with Gasteiger partial charge in [0.15, 0.2) is 0 Å². The third-order valence-corrected chi connectivity index (χ3v) is 4.53. The van der Waals surface area contributed by atoms with Gasteiger partial charge in [0.05, 0.1) is 16.9 Å². The van der Waals surface area contributed by atoms with E-state index in [0.29, 0.717) is 11.2 Å². The van der Waals surface area contributed by atoms with Crippen molar-refractivity contribution >= 4 is 22.6 Å². The number of nitrogens with zero attached hydrogens (tertiary/aromatic N) is 5. The first-order valence-corrected chi connectivity index (χ1v) is 8.48. The highest BCUT2D eigenvalue weighted by Crippen LogP contribution is 2.14. The maximum absolute atomic E-state index is 12.9. The van der Waals surface area contributed by atoms with Crippen LogP contribution in [0.2, 0.25) is 0 Å². The van der Waals surface area contributed by atoms with Crippen molar-refractivity contribution in [2.45, 2.75) is 13.5 Å². The lowest BCUT2D eigenvalue weighted by molar-refractivity contribution is -0.116. The summed E-state index contributed by atoms with van der Waals surface area (Å²) < 4.78 is 4.76. The van der Waals surface area contributed by atoms with Crippen molar-refractivity contribution in [3.63, 3.8) is 0 Å². The Labute approximate surface area is 154 Å². The van der Waals surface area contributed by atoms with E-state index in [1.807, 2.05) is 54.6 Å². The van der Waals surface area contributed by atoms with Gasteiger partial charge in [-0.15, -0.1) is 5.10 Å². The van der Waals surface area contributed by atoms with Gasteiger partial charge in [0, 0.05) is 7.05 Å². The predicted molar refractivity (Wildman–Crippen MR) is 102 cm³/mol. The number of nitrogens with one attached hydrogen (secondary N) is 1. The summed E-state index contributed by atoms with van der Waals surface area (Å²) >= 11 is 0. The summed E-state index contributed by atoms with van der Waals surface area (Å²) in [5.41, 5.74) is 2.86. The number of rotatable bonds is 4. The molecule has 1 N–H and O–H groups in total. The first-order chi connectivity index (χ1) is 13.1. The minimum Gasteiger partial charge on any atom is -0.318 e. The molecule has 0 unspecified atom stereocenters. The van der Waals surface area contributed by atoms with Crippen molar-refractivity contribution < 1.29 is 4.79 Å².